The van der Waals surface area contributed by atoms with Gasteiger partial charge in [-0.25, -0.2) is 9.78 Å². The van der Waals surface area contributed by atoms with Gasteiger partial charge in [-0.1, -0.05) is 48.5 Å². The van der Waals surface area contributed by atoms with Crippen molar-refractivity contribution in [3.05, 3.63) is 89.5 Å². The Balaban J connectivity index is 1.68. The van der Waals surface area contributed by atoms with E-state index in [4.69, 9.17) is 4.74 Å². The van der Waals surface area contributed by atoms with Crippen LogP contribution >= 0.6 is 0 Å². The fraction of sp³-hybridized carbons (Fsp3) is 0.160. The molecule has 0 radical (unpaired) electrons. The van der Waals surface area contributed by atoms with Crippen LogP contribution in [0.2, 0.25) is 0 Å². The van der Waals surface area contributed by atoms with E-state index in [9.17, 15) is 22.8 Å². The van der Waals surface area contributed by atoms with E-state index in [0.29, 0.717) is 32.9 Å². The molecule has 0 bridgehead atoms. The maximum Gasteiger partial charge on any atom is 0.416 e. The van der Waals surface area contributed by atoms with Crippen LogP contribution in [0.4, 0.5) is 13.2 Å². The third kappa shape index (κ3) is 4.64. The lowest BCUT2D eigenvalue weighted by Crippen LogP contribution is -2.43. The number of hydrogen-bond donors (Lipinski definition) is 1. The lowest BCUT2D eigenvalue weighted by atomic mass is 10.00. The van der Waals surface area contributed by atoms with Gasteiger partial charge < -0.3 is 10.1 Å². The summed E-state index contributed by atoms with van der Waals surface area (Å²) in [4.78, 5) is 30.4. The molecule has 0 aliphatic carbocycles. The van der Waals surface area contributed by atoms with E-state index in [0.717, 1.165) is 12.1 Å². The van der Waals surface area contributed by atoms with Gasteiger partial charge in [-0.15, -0.1) is 0 Å². The Morgan fingerprint density at radius 3 is 1.97 bits per heavy atom. The molecule has 168 valence electrons. The van der Waals surface area contributed by atoms with Gasteiger partial charge in [0.05, 0.1) is 29.3 Å². The number of nitrogens with one attached hydrogen (secondary N) is 1. The summed E-state index contributed by atoms with van der Waals surface area (Å²) < 4.78 is 43.4. The maximum atomic E-state index is 13.4. The summed E-state index contributed by atoms with van der Waals surface area (Å²) in [6.45, 7) is 0. The minimum atomic E-state index is -4.46. The minimum Gasteiger partial charge on any atom is -0.467 e. The Hall–Kier alpha value is -3.94. The monoisotopic (exact) mass is 452 g/mol. The van der Waals surface area contributed by atoms with Gasteiger partial charge >= 0.3 is 12.1 Å². The zero-order valence-corrected chi connectivity index (χ0v) is 17.5. The summed E-state index contributed by atoms with van der Waals surface area (Å²) in [7, 11) is 1.19. The largest absolute Gasteiger partial charge is 0.467 e. The molecule has 4 rings (SSSR count). The van der Waals surface area contributed by atoms with Gasteiger partial charge in [0, 0.05) is 17.2 Å². The van der Waals surface area contributed by atoms with Crippen LogP contribution in [-0.4, -0.2) is 30.0 Å². The van der Waals surface area contributed by atoms with Crippen molar-refractivity contribution in [2.45, 2.75) is 18.6 Å². The van der Waals surface area contributed by atoms with Crippen molar-refractivity contribution in [1.29, 1.82) is 0 Å². The minimum absolute atomic E-state index is 0.0303. The molecular formula is C25H19F3N2O3. The van der Waals surface area contributed by atoms with Crippen molar-refractivity contribution in [1.82, 2.24) is 10.3 Å². The first-order chi connectivity index (χ1) is 15.8. The van der Waals surface area contributed by atoms with E-state index in [1.165, 1.54) is 19.2 Å². The van der Waals surface area contributed by atoms with Gasteiger partial charge in [-0.2, -0.15) is 13.2 Å². The average Bonchev–Trinajstić information content (AvgIpc) is 2.81. The first kappa shape index (κ1) is 22.3. The highest BCUT2D eigenvalue weighted by Crippen LogP contribution is 2.29. The Bertz CT molecular complexity index is 1280. The number of methoxy groups -OCH3 is 1. The van der Waals surface area contributed by atoms with Crippen molar-refractivity contribution in [2.24, 2.45) is 0 Å². The summed E-state index contributed by atoms with van der Waals surface area (Å²) in [6, 6.07) is 17.7. The fourth-order valence-corrected chi connectivity index (χ4v) is 3.72. The van der Waals surface area contributed by atoms with Crippen LogP contribution in [0.3, 0.4) is 0 Å². The molecule has 1 amide bonds. The molecule has 1 N–H and O–H groups in total. The molecule has 1 heterocycles. The number of halogens is 3. The first-order valence-electron chi connectivity index (χ1n) is 10.1. The van der Waals surface area contributed by atoms with Crippen LogP contribution in [0.1, 0.15) is 21.5 Å². The van der Waals surface area contributed by atoms with Crippen molar-refractivity contribution >= 4 is 33.7 Å². The first-order valence-corrected chi connectivity index (χ1v) is 10.1. The molecule has 8 heteroatoms. The van der Waals surface area contributed by atoms with Gasteiger partial charge in [0.25, 0.3) is 5.91 Å². The topological polar surface area (TPSA) is 68.3 Å². The number of aromatic nitrogens is 1. The molecule has 0 saturated carbocycles. The smallest absolute Gasteiger partial charge is 0.416 e. The number of carbonyl (C=O) groups is 2. The molecular weight excluding hydrogens is 433 g/mol. The van der Waals surface area contributed by atoms with E-state index in [1.54, 1.807) is 36.4 Å². The molecule has 33 heavy (non-hydrogen) atoms. The quantitative estimate of drug-likeness (QED) is 0.345. The highest BCUT2D eigenvalue weighted by Gasteiger charge is 2.30. The molecule has 0 unspecified atom stereocenters. The third-order valence-electron chi connectivity index (χ3n) is 5.33. The predicted octanol–water partition coefficient (Wildman–Crippen LogP) is 4.92. The van der Waals surface area contributed by atoms with Gasteiger partial charge in [0.2, 0.25) is 0 Å². The number of carbonyl (C=O) groups excluding carboxylic acids is 2. The summed E-state index contributed by atoms with van der Waals surface area (Å²) in [6.07, 6.45) is -4.49. The second kappa shape index (κ2) is 8.90. The second-order valence-electron chi connectivity index (χ2n) is 7.47. The lowest BCUT2D eigenvalue weighted by Gasteiger charge is -2.18. The van der Waals surface area contributed by atoms with Gasteiger partial charge in [-0.3, -0.25) is 4.79 Å². The zero-order valence-electron chi connectivity index (χ0n) is 17.5. The van der Waals surface area contributed by atoms with Crippen molar-refractivity contribution in [3.8, 4) is 0 Å². The molecule has 0 saturated heterocycles. The number of nitrogens with zero attached hydrogens (tertiary/aromatic N) is 1. The molecule has 0 fully saturated rings. The number of esters is 1. The highest BCUT2D eigenvalue weighted by atomic mass is 19.4. The number of pyridine rings is 1. The number of hydrogen-bond acceptors (Lipinski definition) is 4. The molecule has 1 aromatic heterocycles. The van der Waals surface area contributed by atoms with Gasteiger partial charge in [0.15, 0.2) is 0 Å². The molecule has 1 atom stereocenters. The third-order valence-corrected chi connectivity index (χ3v) is 5.33. The number of fused-ring (bicyclic) bond motifs is 2. The summed E-state index contributed by atoms with van der Waals surface area (Å²) >= 11 is 0. The van der Waals surface area contributed by atoms with Gasteiger partial charge in [-0.05, 0) is 29.8 Å². The summed E-state index contributed by atoms with van der Waals surface area (Å²) in [5, 5.41) is 3.93. The van der Waals surface area contributed by atoms with Crippen molar-refractivity contribution in [2.75, 3.05) is 7.11 Å². The maximum absolute atomic E-state index is 13.4. The summed E-state index contributed by atoms with van der Waals surface area (Å²) in [5.74, 6) is -1.21. The zero-order chi connectivity index (χ0) is 23.6. The number of alkyl halides is 3. The Morgan fingerprint density at radius 2 is 1.45 bits per heavy atom. The highest BCUT2D eigenvalue weighted by molar-refractivity contribution is 6.16. The number of amides is 1. The SMILES string of the molecule is COC(=O)[C@H](Cc1ccc(C(F)(F)F)cc1)NC(=O)c1c2ccccc2nc2ccccc12. The lowest BCUT2D eigenvalue weighted by molar-refractivity contribution is -0.143. The molecule has 0 aliphatic heterocycles. The second-order valence-corrected chi connectivity index (χ2v) is 7.47. The molecule has 5 nitrogen and oxygen atoms in total. The Labute approximate surface area is 187 Å². The number of para-hydroxylation sites is 2. The number of rotatable bonds is 5. The fourth-order valence-electron chi connectivity index (χ4n) is 3.72. The van der Waals surface area contributed by atoms with Crippen molar-refractivity contribution < 1.29 is 27.5 Å². The van der Waals surface area contributed by atoms with Crippen LogP contribution in [0.25, 0.3) is 21.8 Å². The molecule has 3 aromatic carbocycles. The van der Waals surface area contributed by atoms with Gasteiger partial charge in [0.1, 0.15) is 6.04 Å². The predicted molar refractivity (Wildman–Crippen MR) is 118 cm³/mol. The molecule has 0 spiro atoms. The van der Waals surface area contributed by atoms with Crippen LogP contribution in [0.5, 0.6) is 0 Å². The molecule has 4 aromatic rings. The van der Waals surface area contributed by atoms with E-state index in [-0.39, 0.29) is 6.42 Å². The van der Waals surface area contributed by atoms with E-state index in [1.807, 2.05) is 12.1 Å². The summed E-state index contributed by atoms with van der Waals surface area (Å²) in [5.41, 5.74) is 1.26. The normalized spacial score (nSPS) is 12.5. The van der Waals surface area contributed by atoms with Crippen LogP contribution < -0.4 is 5.32 Å². The van der Waals surface area contributed by atoms with Crippen LogP contribution in [0.15, 0.2) is 72.8 Å². The number of ether oxygens (including phenoxy) is 1. The Kier molecular flexibility index (Phi) is 6.00. The van der Waals surface area contributed by atoms with Crippen LogP contribution in [-0.2, 0) is 22.1 Å². The van der Waals surface area contributed by atoms with E-state index < -0.39 is 29.7 Å². The van der Waals surface area contributed by atoms with Crippen molar-refractivity contribution in [3.63, 3.8) is 0 Å². The standard InChI is InChI=1S/C25H19F3N2O3/c1-33-24(32)21(14-15-10-12-16(13-11-15)25(26,27)28)30-23(31)22-17-6-2-4-8-19(17)29-20-9-5-3-7-18(20)22/h2-13,21H,14H2,1H3,(H,30,31)/t21-/m0/s1. The Morgan fingerprint density at radius 1 is 0.909 bits per heavy atom. The van der Waals surface area contributed by atoms with E-state index >= 15 is 0 Å². The number of benzene rings is 3. The average molecular weight is 452 g/mol. The molecule has 0 aliphatic rings. The van der Waals surface area contributed by atoms with E-state index in [2.05, 4.69) is 10.3 Å². The van der Waals surface area contributed by atoms with Crippen LogP contribution in [0, 0.1) is 0 Å².